The molecule has 4 heterocycles. The van der Waals surface area contributed by atoms with E-state index in [1.54, 1.807) is 37.6 Å². The van der Waals surface area contributed by atoms with Gasteiger partial charge in [0.15, 0.2) is 0 Å². The summed E-state index contributed by atoms with van der Waals surface area (Å²) in [5.41, 5.74) is 3.16. The summed E-state index contributed by atoms with van der Waals surface area (Å²) in [7, 11) is 1.57. The van der Waals surface area contributed by atoms with Gasteiger partial charge in [-0.25, -0.2) is 9.97 Å². The van der Waals surface area contributed by atoms with Gasteiger partial charge >= 0.3 is 0 Å². The van der Waals surface area contributed by atoms with Crippen LogP contribution < -0.4 is 14.8 Å². The Bertz CT molecular complexity index is 1450. The minimum atomic E-state index is -0.00394. The molecule has 1 amide bonds. The molecule has 1 N–H and O–H groups in total. The number of hydrogen-bond acceptors (Lipinski definition) is 9. The Kier molecular flexibility index (Phi) is 7.98. The number of fused-ring (bicyclic) bond motifs is 1. The summed E-state index contributed by atoms with van der Waals surface area (Å²) in [4.78, 5) is 26.8. The summed E-state index contributed by atoms with van der Waals surface area (Å²) < 4.78 is 17.1. The van der Waals surface area contributed by atoms with Gasteiger partial charge in [0.25, 0.3) is 5.91 Å². The molecular formula is C31H34N6O4. The third-order valence-corrected chi connectivity index (χ3v) is 8.08. The number of carbonyl (C=O) groups is 1. The van der Waals surface area contributed by atoms with Gasteiger partial charge in [-0.2, -0.15) is 5.26 Å². The van der Waals surface area contributed by atoms with Gasteiger partial charge in [0.1, 0.15) is 23.7 Å². The Hall–Kier alpha value is -4.20. The first-order chi connectivity index (χ1) is 20.1. The van der Waals surface area contributed by atoms with Crippen molar-refractivity contribution < 1.29 is 19.0 Å². The number of aromatic nitrogens is 2. The zero-order valence-corrected chi connectivity index (χ0v) is 23.2. The first kappa shape index (κ1) is 27.0. The molecule has 212 valence electrons. The van der Waals surface area contributed by atoms with Crippen LogP contribution >= 0.6 is 0 Å². The van der Waals surface area contributed by atoms with Crippen LogP contribution in [0, 0.1) is 11.3 Å². The Balaban J connectivity index is 1.16. The number of piperazine rings is 1. The van der Waals surface area contributed by atoms with Gasteiger partial charge in [-0.3, -0.25) is 9.69 Å². The average Bonchev–Trinajstić information content (AvgIpc) is 3.50. The fraction of sp³-hybridized carbons (Fsp3) is 0.419. The van der Waals surface area contributed by atoms with Crippen LogP contribution in [0.15, 0.2) is 48.7 Å². The molecule has 10 heteroatoms. The maximum Gasteiger partial charge on any atom is 0.257 e. The van der Waals surface area contributed by atoms with Crippen LogP contribution in [0.1, 0.15) is 41.6 Å². The summed E-state index contributed by atoms with van der Waals surface area (Å²) in [5.74, 6) is 1.46. The molecule has 3 aromatic rings. The number of nitriles is 1. The molecule has 0 radical (unpaired) electrons. The molecule has 3 saturated heterocycles. The van der Waals surface area contributed by atoms with Crippen molar-refractivity contribution >= 4 is 17.5 Å². The Morgan fingerprint density at radius 2 is 1.95 bits per heavy atom. The van der Waals surface area contributed by atoms with E-state index >= 15 is 0 Å². The molecule has 0 spiro atoms. The van der Waals surface area contributed by atoms with Gasteiger partial charge in [0, 0.05) is 62.0 Å². The molecule has 6 rings (SSSR count). The summed E-state index contributed by atoms with van der Waals surface area (Å²) in [5, 5.41) is 13.0. The summed E-state index contributed by atoms with van der Waals surface area (Å²) in [6.45, 7) is 4.89. The zero-order chi connectivity index (χ0) is 28.2. The molecule has 41 heavy (non-hydrogen) atoms. The van der Waals surface area contributed by atoms with E-state index in [4.69, 9.17) is 14.2 Å². The van der Waals surface area contributed by atoms with Crippen LogP contribution in [-0.2, 0) is 4.74 Å². The number of methoxy groups -OCH3 is 1. The largest absolute Gasteiger partial charge is 0.496 e. The number of nitrogens with zero attached hydrogens (tertiary/aromatic N) is 5. The lowest BCUT2D eigenvalue weighted by Crippen LogP contribution is -2.52. The molecule has 0 aliphatic carbocycles. The lowest BCUT2D eigenvalue weighted by molar-refractivity contribution is 0.0254. The van der Waals surface area contributed by atoms with Crippen LogP contribution in [0.5, 0.6) is 11.5 Å². The molecule has 3 aliphatic heterocycles. The second kappa shape index (κ2) is 12.1. The molecular weight excluding hydrogens is 520 g/mol. The van der Waals surface area contributed by atoms with E-state index in [1.807, 2.05) is 23.1 Å². The zero-order valence-electron chi connectivity index (χ0n) is 23.2. The molecule has 1 aromatic heterocycles. The number of benzene rings is 2. The van der Waals surface area contributed by atoms with Crippen molar-refractivity contribution in [1.29, 1.82) is 5.26 Å². The number of hydrogen-bond donors (Lipinski definition) is 1. The van der Waals surface area contributed by atoms with E-state index in [-0.39, 0.29) is 12.0 Å². The molecule has 1 unspecified atom stereocenters. The second-order valence-electron chi connectivity index (χ2n) is 10.6. The molecule has 0 bridgehead atoms. The Labute approximate surface area is 239 Å². The van der Waals surface area contributed by atoms with Crippen molar-refractivity contribution in [1.82, 2.24) is 19.8 Å². The maximum atomic E-state index is 13.4. The smallest absolute Gasteiger partial charge is 0.257 e. The maximum absolute atomic E-state index is 13.4. The van der Waals surface area contributed by atoms with Crippen molar-refractivity contribution in [2.24, 2.45) is 0 Å². The Morgan fingerprint density at radius 1 is 1.07 bits per heavy atom. The van der Waals surface area contributed by atoms with Crippen LogP contribution in [0.2, 0.25) is 0 Å². The quantitative estimate of drug-likeness (QED) is 0.458. The van der Waals surface area contributed by atoms with Gasteiger partial charge in [-0.15, -0.1) is 0 Å². The highest BCUT2D eigenvalue weighted by molar-refractivity contribution is 5.97. The van der Waals surface area contributed by atoms with Gasteiger partial charge in [-0.05, 0) is 55.8 Å². The second-order valence-corrected chi connectivity index (χ2v) is 10.6. The van der Waals surface area contributed by atoms with Crippen molar-refractivity contribution in [3.63, 3.8) is 0 Å². The average molecular weight is 555 g/mol. The highest BCUT2D eigenvalue weighted by Crippen LogP contribution is 2.30. The molecule has 3 fully saturated rings. The number of carbonyl (C=O) groups excluding carboxylic acids is 1. The van der Waals surface area contributed by atoms with E-state index in [0.717, 1.165) is 51.0 Å². The van der Waals surface area contributed by atoms with E-state index in [1.165, 1.54) is 6.42 Å². The highest BCUT2D eigenvalue weighted by atomic mass is 16.5. The van der Waals surface area contributed by atoms with Crippen molar-refractivity contribution in [2.45, 2.75) is 37.8 Å². The van der Waals surface area contributed by atoms with Crippen LogP contribution in [0.3, 0.4) is 0 Å². The van der Waals surface area contributed by atoms with Gasteiger partial charge in [0.05, 0.1) is 37.1 Å². The number of amides is 1. The van der Waals surface area contributed by atoms with E-state index in [2.05, 4.69) is 26.3 Å². The third kappa shape index (κ3) is 5.97. The third-order valence-electron chi connectivity index (χ3n) is 8.08. The molecule has 1 atom stereocenters. The van der Waals surface area contributed by atoms with Crippen LogP contribution in [0.4, 0.5) is 11.6 Å². The minimum Gasteiger partial charge on any atom is -0.496 e. The molecule has 10 nitrogen and oxygen atoms in total. The highest BCUT2D eigenvalue weighted by Gasteiger charge is 2.33. The topological polar surface area (TPSA) is 113 Å². The van der Waals surface area contributed by atoms with Gasteiger partial charge < -0.3 is 24.4 Å². The van der Waals surface area contributed by atoms with E-state index in [0.29, 0.717) is 59.2 Å². The van der Waals surface area contributed by atoms with E-state index in [9.17, 15) is 10.1 Å². The standard InChI is InChI=1S/C31H34N6O4/c1-39-29-18-23(5-6-26(29)30(38)37-14-13-36-12-2-3-24(36)20-37)34-31-33-11-8-27(35-31)21-4-7-28(22(17-21)19-32)41-25-9-15-40-16-10-25/h4-8,11,17-18,24-25H,2-3,9-10,12-16,20H2,1H3,(H,33,34,35). The van der Waals surface area contributed by atoms with Crippen LogP contribution in [0.25, 0.3) is 11.3 Å². The first-order valence-corrected chi connectivity index (χ1v) is 14.2. The van der Waals surface area contributed by atoms with E-state index < -0.39 is 0 Å². The van der Waals surface area contributed by atoms with Crippen LogP contribution in [-0.4, -0.2) is 84.3 Å². The van der Waals surface area contributed by atoms with Crippen molar-refractivity contribution in [3.05, 3.63) is 59.8 Å². The number of rotatable bonds is 7. The predicted octanol–water partition coefficient (Wildman–Crippen LogP) is 4.25. The fourth-order valence-electron chi connectivity index (χ4n) is 5.85. The number of ether oxygens (including phenoxy) is 3. The number of nitrogens with one attached hydrogen (secondary N) is 1. The minimum absolute atomic E-state index is 0.00394. The monoisotopic (exact) mass is 554 g/mol. The lowest BCUT2D eigenvalue weighted by Gasteiger charge is -2.37. The van der Waals surface area contributed by atoms with Crippen molar-refractivity contribution in [3.8, 4) is 28.8 Å². The summed E-state index contributed by atoms with van der Waals surface area (Å²) >= 11 is 0. The predicted molar refractivity (Wildman–Crippen MR) is 153 cm³/mol. The summed E-state index contributed by atoms with van der Waals surface area (Å²) in [6.07, 6.45) is 5.69. The molecule has 3 aliphatic rings. The molecule has 0 saturated carbocycles. The number of anilines is 2. The lowest BCUT2D eigenvalue weighted by atomic mass is 10.1. The van der Waals surface area contributed by atoms with Crippen molar-refractivity contribution in [2.75, 3.05) is 51.8 Å². The molecule has 2 aromatic carbocycles. The fourth-order valence-corrected chi connectivity index (χ4v) is 5.85. The first-order valence-electron chi connectivity index (χ1n) is 14.2. The normalized spacial score (nSPS) is 19.3. The summed E-state index contributed by atoms with van der Waals surface area (Å²) in [6, 6.07) is 15.5. The van der Waals surface area contributed by atoms with Gasteiger partial charge in [-0.1, -0.05) is 0 Å². The SMILES string of the molecule is COc1cc(Nc2nccc(-c3ccc(OC4CCOCC4)c(C#N)c3)n2)ccc1C(=O)N1CCN2CCCC2C1. The van der Waals surface area contributed by atoms with Gasteiger partial charge in [0.2, 0.25) is 5.95 Å². The Morgan fingerprint density at radius 3 is 2.78 bits per heavy atom.